The van der Waals surface area contributed by atoms with Crippen LogP contribution in [0.2, 0.25) is 0 Å². The molecule has 0 aliphatic carbocycles. The lowest BCUT2D eigenvalue weighted by Crippen LogP contribution is -2.34. The van der Waals surface area contributed by atoms with E-state index in [4.69, 9.17) is 10.8 Å². The van der Waals surface area contributed by atoms with Crippen LogP contribution >= 0.6 is 17.0 Å². The molecule has 0 aromatic carbocycles. The first kappa shape index (κ1) is 12.1. The van der Waals surface area contributed by atoms with Crippen LogP contribution in [0.5, 0.6) is 0 Å². The van der Waals surface area contributed by atoms with Crippen LogP contribution in [-0.4, -0.2) is 23.0 Å². The molecule has 0 aliphatic heterocycles. The van der Waals surface area contributed by atoms with Gasteiger partial charge in [-0.1, -0.05) is 0 Å². The third-order valence-electron chi connectivity index (χ3n) is 0.738. The highest BCUT2D eigenvalue weighted by Gasteiger charge is 2.13. The molecular weight excluding hydrogens is 204 g/mol. The van der Waals surface area contributed by atoms with Crippen LogP contribution in [-0.2, 0) is 9.59 Å². The molecule has 1 amide bonds. The minimum Gasteiger partial charge on any atom is -0.480 e. The molecule has 0 unspecified atom stereocenters. The predicted molar refractivity (Wildman–Crippen MR) is 39.7 cm³/mol. The van der Waals surface area contributed by atoms with E-state index >= 15 is 0 Å². The van der Waals surface area contributed by atoms with E-state index in [-0.39, 0.29) is 23.4 Å². The summed E-state index contributed by atoms with van der Waals surface area (Å²) in [4.78, 5) is 19.9. The molecule has 0 bridgehead atoms. The number of aliphatic carboxylic acids is 1. The Hall–Kier alpha value is -0.620. The molecule has 0 saturated carbocycles. The molecule has 6 heteroatoms. The Morgan fingerprint density at radius 2 is 1.90 bits per heavy atom. The van der Waals surface area contributed by atoms with Gasteiger partial charge >= 0.3 is 5.97 Å². The van der Waals surface area contributed by atoms with Gasteiger partial charge in [0.25, 0.3) is 0 Å². The van der Waals surface area contributed by atoms with E-state index < -0.39 is 17.9 Å². The average molecular weight is 213 g/mol. The normalized spacial score (nSPS) is 11.3. The summed E-state index contributed by atoms with van der Waals surface area (Å²) < 4.78 is 0. The van der Waals surface area contributed by atoms with E-state index in [0.717, 1.165) is 0 Å². The lowest BCUT2D eigenvalue weighted by Gasteiger charge is -1.99. The van der Waals surface area contributed by atoms with Crippen molar-refractivity contribution in [2.75, 3.05) is 0 Å². The van der Waals surface area contributed by atoms with Crippen LogP contribution in [0.1, 0.15) is 6.42 Å². The zero-order valence-electron chi connectivity index (χ0n) is 5.11. The van der Waals surface area contributed by atoms with E-state index in [2.05, 4.69) is 5.73 Å². The summed E-state index contributed by atoms with van der Waals surface area (Å²) >= 11 is 0. The van der Waals surface area contributed by atoms with Crippen molar-refractivity contribution in [1.29, 1.82) is 0 Å². The zero-order valence-corrected chi connectivity index (χ0v) is 6.82. The van der Waals surface area contributed by atoms with E-state index in [1.54, 1.807) is 0 Å². The summed E-state index contributed by atoms with van der Waals surface area (Å²) in [5.41, 5.74) is 9.57. The monoisotopic (exact) mass is 212 g/mol. The van der Waals surface area contributed by atoms with Crippen molar-refractivity contribution in [2.24, 2.45) is 11.5 Å². The lowest BCUT2D eigenvalue weighted by molar-refractivity contribution is -0.140. The van der Waals surface area contributed by atoms with Gasteiger partial charge in [-0.3, -0.25) is 9.59 Å². The summed E-state index contributed by atoms with van der Waals surface area (Å²) in [6.07, 6.45) is -0.310. The minimum absolute atomic E-state index is 0. The number of carbonyl (C=O) groups excluding carboxylic acids is 1. The number of carboxylic acids is 1. The molecule has 1 atom stereocenters. The third-order valence-corrected chi connectivity index (χ3v) is 0.738. The standard InChI is InChI=1S/C4H8N2O3.BrH/c5-2(4(8)9)1-3(6)7;/h2H,1,5H2,(H2,6,7)(H,8,9);1H/t2-;/m0./s1. The summed E-state index contributed by atoms with van der Waals surface area (Å²) in [5, 5.41) is 8.10. The van der Waals surface area contributed by atoms with Crippen molar-refractivity contribution in [2.45, 2.75) is 12.5 Å². The molecule has 60 valence electrons. The van der Waals surface area contributed by atoms with Crippen molar-refractivity contribution >= 4 is 28.9 Å². The number of carbonyl (C=O) groups is 2. The fourth-order valence-electron chi connectivity index (χ4n) is 0.304. The third kappa shape index (κ3) is 5.52. The first-order valence-electron chi connectivity index (χ1n) is 2.30. The van der Waals surface area contributed by atoms with E-state index in [1.165, 1.54) is 0 Å². The van der Waals surface area contributed by atoms with Gasteiger partial charge in [0, 0.05) is 0 Å². The zero-order chi connectivity index (χ0) is 7.44. The molecular formula is C4H9BrN2O3. The number of rotatable bonds is 3. The maximum Gasteiger partial charge on any atom is 0.321 e. The maximum absolute atomic E-state index is 9.99. The molecule has 0 aromatic heterocycles. The van der Waals surface area contributed by atoms with Crippen molar-refractivity contribution in [1.82, 2.24) is 0 Å². The van der Waals surface area contributed by atoms with Crippen LogP contribution in [0.4, 0.5) is 0 Å². The number of hydrogen-bond donors (Lipinski definition) is 3. The Kier molecular flexibility index (Phi) is 6.27. The molecule has 0 aliphatic rings. The average Bonchev–Trinajstić information content (AvgIpc) is 1.63. The topological polar surface area (TPSA) is 106 Å². The molecule has 10 heavy (non-hydrogen) atoms. The van der Waals surface area contributed by atoms with Gasteiger partial charge in [0.2, 0.25) is 5.91 Å². The fourth-order valence-corrected chi connectivity index (χ4v) is 0.304. The maximum atomic E-state index is 9.99. The number of hydrogen-bond acceptors (Lipinski definition) is 3. The van der Waals surface area contributed by atoms with Crippen LogP contribution < -0.4 is 11.5 Å². The van der Waals surface area contributed by atoms with Gasteiger partial charge < -0.3 is 16.6 Å². The Morgan fingerprint density at radius 3 is 2.00 bits per heavy atom. The van der Waals surface area contributed by atoms with Crippen LogP contribution in [0.15, 0.2) is 0 Å². The second-order valence-corrected chi connectivity index (χ2v) is 1.62. The van der Waals surface area contributed by atoms with E-state index in [0.29, 0.717) is 0 Å². The molecule has 0 radical (unpaired) electrons. The predicted octanol–water partition coefficient (Wildman–Crippen LogP) is -1.15. The summed E-state index contributed by atoms with van der Waals surface area (Å²) in [6, 6.07) is -1.16. The number of primary amides is 1. The molecule has 0 saturated heterocycles. The van der Waals surface area contributed by atoms with Gasteiger partial charge in [0.1, 0.15) is 6.04 Å². The van der Waals surface area contributed by atoms with Crippen LogP contribution in [0, 0.1) is 0 Å². The number of halogens is 1. The molecule has 0 spiro atoms. The van der Waals surface area contributed by atoms with Gasteiger partial charge in [0.15, 0.2) is 0 Å². The molecule has 5 nitrogen and oxygen atoms in total. The van der Waals surface area contributed by atoms with Crippen molar-refractivity contribution in [3.8, 4) is 0 Å². The van der Waals surface area contributed by atoms with E-state index in [9.17, 15) is 9.59 Å². The van der Waals surface area contributed by atoms with Crippen molar-refractivity contribution in [3.63, 3.8) is 0 Å². The van der Waals surface area contributed by atoms with Crippen molar-refractivity contribution < 1.29 is 14.7 Å². The summed E-state index contributed by atoms with van der Waals surface area (Å²) in [5.74, 6) is -1.92. The van der Waals surface area contributed by atoms with Crippen molar-refractivity contribution in [3.05, 3.63) is 0 Å². The molecule has 0 heterocycles. The van der Waals surface area contributed by atoms with Crippen LogP contribution in [0.3, 0.4) is 0 Å². The van der Waals surface area contributed by atoms with Gasteiger partial charge in [-0.15, -0.1) is 17.0 Å². The number of carboxylic acid groups (broad SMARTS) is 1. The molecule has 0 rings (SSSR count). The first-order chi connectivity index (χ1) is 4.04. The quantitative estimate of drug-likeness (QED) is 0.550. The highest BCUT2D eigenvalue weighted by atomic mass is 79.9. The Morgan fingerprint density at radius 1 is 1.50 bits per heavy atom. The largest absolute Gasteiger partial charge is 0.480 e. The number of amides is 1. The molecule has 0 fully saturated rings. The van der Waals surface area contributed by atoms with Gasteiger partial charge in [-0.05, 0) is 0 Å². The van der Waals surface area contributed by atoms with Gasteiger partial charge in [-0.2, -0.15) is 0 Å². The molecule has 5 N–H and O–H groups in total. The lowest BCUT2D eigenvalue weighted by atomic mass is 10.2. The minimum atomic E-state index is -1.21. The summed E-state index contributed by atoms with van der Waals surface area (Å²) in [7, 11) is 0. The van der Waals surface area contributed by atoms with Gasteiger partial charge in [0.05, 0.1) is 6.42 Å². The highest BCUT2D eigenvalue weighted by Crippen LogP contribution is 1.84. The second kappa shape index (κ2) is 5.19. The second-order valence-electron chi connectivity index (χ2n) is 1.62. The molecule has 0 aromatic rings. The smallest absolute Gasteiger partial charge is 0.321 e. The van der Waals surface area contributed by atoms with Crippen LogP contribution in [0.25, 0.3) is 0 Å². The Labute approximate surface area is 68.1 Å². The Balaban J connectivity index is 0. The number of nitrogens with two attached hydrogens (primary N) is 2. The highest BCUT2D eigenvalue weighted by molar-refractivity contribution is 8.93. The summed E-state index contributed by atoms with van der Waals surface area (Å²) in [6.45, 7) is 0. The first-order valence-corrected chi connectivity index (χ1v) is 2.30. The SMILES string of the molecule is Br.NC(=O)C[C@H](N)C(=O)O. The van der Waals surface area contributed by atoms with Gasteiger partial charge in [-0.25, -0.2) is 0 Å². The van der Waals surface area contributed by atoms with E-state index in [1.807, 2.05) is 0 Å². The fraction of sp³-hybridized carbons (Fsp3) is 0.500. The Bertz CT molecular complexity index is 138.